The Morgan fingerprint density at radius 3 is 2.56 bits per heavy atom. The molecule has 1 amide bonds. The highest BCUT2D eigenvalue weighted by Crippen LogP contribution is 2.06. The minimum absolute atomic E-state index is 0.0473. The molecule has 0 saturated carbocycles. The SMILES string of the molecule is CC(CC(=O)Nc1ccccc1)NCCN(C)C. The van der Waals surface area contributed by atoms with Crippen LogP contribution in [0.1, 0.15) is 13.3 Å². The Morgan fingerprint density at radius 1 is 1.28 bits per heavy atom. The minimum atomic E-state index is 0.0473. The first kappa shape index (κ1) is 14.7. The molecule has 0 aromatic heterocycles. The highest BCUT2D eigenvalue weighted by atomic mass is 16.1. The summed E-state index contributed by atoms with van der Waals surface area (Å²) in [7, 11) is 4.07. The van der Waals surface area contributed by atoms with E-state index in [-0.39, 0.29) is 11.9 Å². The zero-order valence-electron chi connectivity index (χ0n) is 11.4. The van der Waals surface area contributed by atoms with Crippen molar-refractivity contribution >= 4 is 11.6 Å². The van der Waals surface area contributed by atoms with E-state index < -0.39 is 0 Å². The molecular formula is C14H23N3O. The third-order valence-electron chi connectivity index (χ3n) is 2.60. The number of rotatable bonds is 7. The molecular weight excluding hydrogens is 226 g/mol. The Hall–Kier alpha value is -1.39. The van der Waals surface area contributed by atoms with Crippen LogP contribution >= 0.6 is 0 Å². The lowest BCUT2D eigenvalue weighted by atomic mass is 10.2. The van der Waals surface area contributed by atoms with Crippen LogP contribution in [0.2, 0.25) is 0 Å². The van der Waals surface area contributed by atoms with Gasteiger partial charge in [-0.1, -0.05) is 18.2 Å². The van der Waals surface area contributed by atoms with Crippen molar-refractivity contribution in [2.45, 2.75) is 19.4 Å². The summed E-state index contributed by atoms with van der Waals surface area (Å²) in [5.74, 6) is 0.0473. The van der Waals surface area contributed by atoms with Crippen LogP contribution in [-0.4, -0.2) is 44.0 Å². The molecule has 0 saturated heterocycles. The van der Waals surface area contributed by atoms with Crippen molar-refractivity contribution in [3.8, 4) is 0 Å². The van der Waals surface area contributed by atoms with E-state index in [1.54, 1.807) is 0 Å². The maximum absolute atomic E-state index is 11.8. The molecule has 2 N–H and O–H groups in total. The van der Waals surface area contributed by atoms with Gasteiger partial charge in [-0.3, -0.25) is 4.79 Å². The third kappa shape index (κ3) is 6.37. The Labute approximate surface area is 109 Å². The number of hydrogen-bond donors (Lipinski definition) is 2. The maximum Gasteiger partial charge on any atom is 0.225 e. The molecule has 0 aliphatic carbocycles. The monoisotopic (exact) mass is 249 g/mol. The van der Waals surface area contributed by atoms with Gasteiger partial charge in [0.25, 0.3) is 0 Å². The number of para-hydroxylation sites is 1. The van der Waals surface area contributed by atoms with Crippen molar-refractivity contribution in [2.75, 3.05) is 32.5 Å². The van der Waals surface area contributed by atoms with E-state index in [2.05, 4.69) is 15.5 Å². The molecule has 4 nitrogen and oxygen atoms in total. The van der Waals surface area contributed by atoms with Crippen LogP contribution in [0.25, 0.3) is 0 Å². The predicted molar refractivity (Wildman–Crippen MR) is 75.7 cm³/mol. The fourth-order valence-corrected chi connectivity index (χ4v) is 1.62. The molecule has 100 valence electrons. The van der Waals surface area contributed by atoms with E-state index in [9.17, 15) is 4.79 Å². The molecule has 0 spiro atoms. The highest BCUT2D eigenvalue weighted by Gasteiger charge is 2.08. The minimum Gasteiger partial charge on any atom is -0.326 e. The average molecular weight is 249 g/mol. The molecule has 0 aliphatic rings. The van der Waals surface area contributed by atoms with Crippen LogP contribution in [0, 0.1) is 0 Å². The molecule has 1 atom stereocenters. The lowest BCUT2D eigenvalue weighted by Gasteiger charge is -2.16. The highest BCUT2D eigenvalue weighted by molar-refractivity contribution is 5.90. The molecule has 1 aromatic carbocycles. The summed E-state index contributed by atoms with van der Waals surface area (Å²) in [6.45, 7) is 3.90. The number of carbonyl (C=O) groups excluding carboxylic acids is 1. The van der Waals surface area contributed by atoms with Crippen molar-refractivity contribution in [3.63, 3.8) is 0 Å². The van der Waals surface area contributed by atoms with Crippen LogP contribution < -0.4 is 10.6 Å². The zero-order chi connectivity index (χ0) is 13.4. The molecule has 0 heterocycles. The van der Waals surface area contributed by atoms with Gasteiger partial charge in [-0.15, -0.1) is 0 Å². The summed E-state index contributed by atoms with van der Waals surface area (Å²) in [5, 5.41) is 6.21. The molecule has 1 rings (SSSR count). The smallest absolute Gasteiger partial charge is 0.225 e. The van der Waals surface area contributed by atoms with Crippen LogP contribution in [0.5, 0.6) is 0 Å². The van der Waals surface area contributed by atoms with Gasteiger partial charge in [0.15, 0.2) is 0 Å². The third-order valence-corrected chi connectivity index (χ3v) is 2.60. The van der Waals surface area contributed by atoms with E-state index in [1.807, 2.05) is 51.4 Å². The first-order valence-electron chi connectivity index (χ1n) is 6.31. The van der Waals surface area contributed by atoms with E-state index in [1.165, 1.54) is 0 Å². The van der Waals surface area contributed by atoms with Crippen LogP contribution in [0.4, 0.5) is 5.69 Å². The first-order chi connectivity index (χ1) is 8.58. The Bertz CT molecular complexity index is 351. The largest absolute Gasteiger partial charge is 0.326 e. The summed E-state index contributed by atoms with van der Waals surface area (Å²) in [4.78, 5) is 13.9. The molecule has 0 radical (unpaired) electrons. The number of carbonyl (C=O) groups is 1. The number of anilines is 1. The standard InChI is InChI=1S/C14H23N3O/c1-12(15-9-10-17(2)3)11-14(18)16-13-7-5-4-6-8-13/h4-8,12,15H,9-11H2,1-3H3,(H,16,18). The van der Waals surface area contributed by atoms with Gasteiger partial charge >= 0.3 is 0 Å². The number of likely N-dealkylation sites (N-methyl/N-ethyl adjacent to an activating group) is 1. The van der Waals surface area contributed by atoms with Gasteiger partial charge in [0.1, 0.15) is 0 Å². The van der Waals surface area contributed by atoms with Crippen molar-refractivity contribution in [3.05, 3.63) is 30.3 Å². The van der Waals surface area contributed by atoms with Gasteiger partial charge in [0, 0.05) is 31.2 Å². The molecule has 1 aromatic rings. The van der Waals surface area contributed by atoms with Gasteiger partial charge < -0.3 is 15.5 Å². The van der Waals surface area contributed by atoms with E-state index in [0.29, 0.717) is 6.42 Å². The summed E-state index contributed by atoms with van der Waals surface area (Å²) >= 11 is 0. The second kappa shape index (κ2) is 7.84. The number of benzene rings is 1. The molecule has 0 aliphatic heterocycles. The molecule has 0 fully saturated rings. The van der Waals surface area contributed by atoms with E-state index >= 15 is 0 Å². The first-order valence-corrected chi connectivity index (χ1v) is 6.31. The Kier molecular flexibility index (Phi) is 6.39. The van der Waals surface area contributed by atoms with E-state index in [0.717, 1.165) is 18.8 Å². The lowest BCUT2D eigenvalue weighted by molar-refractivity contribution is -0.116. The second-order valence-electron chi connectivity index (χ2n) is 4.78. The van der Waals surface area contributed by atoms with Crippen LogP contribution in [0.3, 0.4) is 0 Å². The summed E-state index contributed by atoms with van der Waals surface area (Å²) in [6, 6.07) is 9.72. The number of amides is 1. The Balaban J connectivity index is 2.23. The normalized spacial score (nSPS) is 12.4. The van der Waals surface area contributed by atoms with E-state index in [4.69, 9.17) is 0 Å². The van der Waals surface area contributed by atoms with Crippen molar-refractivity contribution in [1.29, 1.82) is 0 Å². The predicted octanol–water partition coefficient (Wildman–Crippen LogP) is 1.55. The summed E-state index contributed by atoms with van der Waals surface area (Å²) in [6.07, 6.45) is 0.488. The quantitative estimate of drug-likeness (QED) is 0.770. The topological polar surface area (TPSA) is 44.4 Å². The van der Waals surface area contributed by atoms with Gasteiger partial charge in [-0.05, 0) is 33.2 Å². The summed E-state index contributed by atoms with van der Waals surface area (Å²) in [5.41, 5.74) is 0.850. The van der Waals surface area contributed by atoms with Gasteiger partial charge in [0.2, 0.25) is 5.91 Å². The molecule has 4 heteroatoms. The van der Waals surface area contributed by atoms with Crippen molar-refractivity contribution < 1.29 is 4.79 Å². The fourth-order valence-electron chi connectivity index (χ4n) is 1.62. The van der Waals surface area contributed by atoms with Crippen molar-refractivity contribution in [2.24, 2.45) is 0 Å². The molecule has 0 bridgehead atoms. The Morgan fingerprint density at radius 2 is 1.94 bits per heavy atom. The second-order valence-corrected chi connectivity index (χ2v) is 4.78. The number of nitrogens with one attached hydrogen (secondary N) is 2. The lowest BCUT2D eigenvalue weighted by Crippen LogP contribution is -2.35. The maximum atomic E-state index is 11.8. The van der Waals surface area contributed by atoms with Crippen LogP contribution in [-0.2, 0) is 4.79 Å². The average Bonchev–Trinajstić information content (AvgIpc) is 2.29. The number of hydrogen-bond acceptors (Lipinski definition) is 3. The number of nitrogens with zero attached hydrogens (tertiary/aromatic N) is 1. The van der Waals surface area contributed by atoms with Crippen molar-refractivity contribution in [1.82, 2.24) is 10.2 Å². The summed E-state index contributed by atoms with van der Waals surface area (Å²) < 4.78 is 0. The van der Waals surface area contributed by atoms with Gasteiger partial charge in [-0.25, -0.2) is 0 Å². The zero-order valence-corrected chi connectivity index (χ0v) is 11.4. The van der Waals surface area contributed by atoms with Crippen LogP contribution in [0.15, 0.2) is 30.3 Å². The molecule has 18 heavy (non-hydrogen) atoms. The van der Waals surface area contributed by atoms with Gasteiger partial charge in [-0.2, -0.15) is 0 Å². The fraction of sp³-hybridized carbons (Fsp3) is 0.500. The van der Waals surface area contributed by atoms with Gasteiger partial charge in [0.05, 0.1) is 0 Å². The molecule has 1 unspecified atom stereocenters.